The van der Waals surface area contributed by atoms with Crippen LogP contribution < -0.4 is 9.64 Å². The summed E-state index contributed by atoms with van der Waals surface area (Å²) < 4.78 is 11.2. The van der Waals surface area contributed by atoms with Crippen LogP contribution in [0.1, 0.15) is 10.4 Å². The minimum absolute atomic E-state index is 0.0571. The maximum absolute atomic E-state index is 13.2. The molecule has 0 unspecified atom stereocenters. The Morgan fingerprint density at radius 3 is 2.50 bits per heavy atom. The Morgan fingerprint density at radius 2 is 1.77 bits per heavy atom. The van der Waals surface area contributed by atoms with Crippen LogP contribution in [-0.4, -0.2) is 86.3 Å². The molecule has 2 saturated heterocycles. The lowest BCUT2D eigenvalue weighted by molar-refractivity contribution is 0.0619. The summed E-state index contributed by atoms with van der Waals surface area (Å²) in [5, 5.41) is 0.702. The molecule has 1 aromatic heterocycles. The van der Waals surface area contributed by atoms with Gasteiger partial charge in [-0.3, -0.25) is 9.69 Å². The van der Waals surface area contributed by atoms with Crippen molar-refractivity contribution in [1.82, 2.24) is 14.8 Å². The first kappa shape index (κ1) is 20.9. The van der Waals surface area contributed by atoms with Crippen LogP contribution in [-0.2, 0) is 4.74 Å². The molecule has 0 aliphatic carbocycles. The number of ether oxygens (including phenoxy) is 2. The van der Waals surface area contributed by atoms with Crippen molar-refractivity contribution in [2.45, 2.75) is 0 Å². The van der Waals surface area contributed by atoms with E-state index < -0.39 is 0 Å². The minimum Gasteiger partial charge on any atom is -0.492 e. The first-order valence-corrected chi connectivity index (χ1v) is 10.8. The van der Waals surface area contributed by atoms with Crippen LogP contribution in [0.3, 0.4) is 0 Å². The molecular formula is C22H27ClN4O3. The number of aromatic nitrogens is 1. The summed E-state index contributed by atoms with van der Waals surface area (Å²) in [5.74, 6) is 1.65. The second kappa shape index (κ2) is 10.1. The Balaban J connectivity index is 1.28. The summed E-state index contributed by atoms with van der Waals surface area (Å²) in [4.78, 5) is 24.1. The Morgan fingerprint density at radius 1 is 1.03 bits per heavy atom. The number of morpholine rings is 1. The zero-order valence-corrected chi connectivity index (χ0v) is 17.8. The van der Waals surface area contributed by atoms with Gasteiger partial charge < -0.3 is 19.3 Å². The average Bonchev–Trinajstić information content (AvgIpc) is 2.81. The van der Waals surface area contributed by atoms with E-state index in [-0.39, 0.29) is 5.91 Å². The summed E-state index contributed by atoms with van der Waals surface area (Å²) >= 11 is 5.90. The van der Waals surface area contributed by atoms with Crippen molar-refractivity contribution in [2.24, 2.45) is 0 Å². The lowest BCUT2D eigenvalue weighted by atomic mass is 10.2. The van der Waals surface area contributed by atoms with E-state index in [0.29, 0.717) is 43.5 Å². The molecule has 0 spiro atoms. The summed E-state index contributed by atoms with van der Waals surface area (Å²) in [5.41, 5.74) is 0.680. The first-order chi connectivity index (χ1) is 14.7. The molecule has 0 atom stereocenters. The fourth-order valence-corrected chi connectivity index (χ4v) is 3.89. The fourth-order valence-electron chi connectivity index (χ4n) is 3.76. The highest BCUT2D eigenvalue weighted by Crippen LogP contribution is 2.21. The van der Waals surface area contributed by atoms with Crippen LogP contribution in [0.5, 0.6) is 5.75 Å². The van der Waals surface area contributed by atoms with E-state index in [0.717, 1.165) is 44.3 Å². The van der Waals surface area contributed by atoms with Crippen LogP contribution >= 0.6 is 11.6 Å². The molecule has 2 aliphatic rings. The molecule has 3 heterocycles. The maximum Gasteiger partial charge on any atom is 0.257 e. The first-order valence-electron chi connectivity index (χ1n) is 10.4. The maximum atomic E-state index is 13.2. The number of benzene rings is 1. The van der Waals surface area contributed by atoms with E-state index >= 15 is 0 Å². The molecule has 160 valence electrons. The molecule has 8 heteroatoms. The van der Waals surface area contributed by atoms with E-state index in [1.807, 2.05) is 41.3 Å². The van der Waals surface area contributed by atoms with Gasteiger partial charge in [0.2, 0.25) is 0 Å². The van der Waals surface area contributed by atoms with Crippen LogP contribution in [0, 0.1) is 0 Å². The lowest BCUT2D eigenvalue weighted by Gasteiger charge is -2.35. The number of carbonyl (C=O) groups excluding carboxylic acids is 1. The standard InChI is InChI=1S/C22H27ClN4O3/c23-18-3-5-19(6-4-18)30-17-12-25-8-10-27(11-9-25)22(28)20-2-1-7-24-21(20)26-13-15-29-16-14-26/h1-7H,8-17H2. The zero-order chi connectivity index (χ0) is 20.8. The molecule has 2 fully saturated rings. The lowest BCUT2D eigenvalue weighted by Crippen LogP contribution is -2.50. The minimum atomic E-state index is 0.0571. The summed E-state index contributed by atoms with van der Waals surface area (Å²) in [6.45, 7) is 7.38. The number of nitrogens with zero attached hydrogens (tertiary/aromatic N) is 4. The number of carbonyl (C=O) groups is 1. The molecule has 1 amide bonds. The number of pyridine rings is 1. The highest BCUT2D eigenvalue weighted by Gasteiger charge is 2.26. The van der Waals surface area contributed by atoms with E-state index in [4.69, 9.17) is 21.1 Å². The van der Waals surface area contributed by atoms with Crippen molar-refractivity contribution in [3.63, 3.8) is 0 Å². The van der Waals surface area contributed by atoms with Gasteiger partial charge in [0.15, 0.2) is 0 Å². The zero-order valence-electron chi connectivity index (χ0n) is 17.0. The number of amides is 1. The molecule has 2 aromatic rings. The van der Waals surface area contributed by atoms with Gasteiger partial charge in [-0.2, -0.15) is 0 Å². The van der Waals surface area contributed by atoms with Crippen molar-refractivity contribution in [3.8, 4) is 5.75 Å². The predicted octanol–water partition coefficient (Wildman–Crippen LogP) is 2.41. The van der Waals surface area contributed by atoms with Gasteiger partial charge in [-0.1, -0.05) is 11.6 Å². The van der Waals surface area contributed by atoms with Crippen LogP contribution in [0.4, 0.5) is 5.82 Å². The van der Waals surface area contributed by atoms with Crippen LogP contribution in [0.25, 0.3) is 0 Å². The van der Waals surface area contributed by atoms with E-state index in [9.17, 15) is 4.79 Å². The number of piperazine rings is 1. The smallest absolute Gasteiger partial charge is 0.257 e. The predicted molar refractivity (Wildman–Crippen MR) is 117 cm³/mol. The fraction of sp³-hybridized carbons (Fsp3) is 0.455. The molecule has 0 radical (unpaired) electrons. The molecule has 0 bridgehead atoms. The van der Waals surface area contributed by atoms with Crippen molar-refractivity contribution in [1.29, 1.82) is 0 Å². The molecule has 30 heavy (non-hydrogen) atoms. The Hall–Kier alpha value is -2.35. The highest BCUT2D eigenvalue weighted by atomic mass is 35.5. The van der Waals surface area contributed by atoms with E-state index in [1.165, 1.54) is 0 Å². The van der Waals surface area contributed by atoms with E-state index in [1.54, 1.807) is 6.20 Å². The molecule has 0 saturated carbocycles. The van der Waals surface area contributed by atoms with Crippen molar-refractivity contribution >= 4 is 23.3 Å². The normalized spacial score (nSPS) is 17.8. The molecule has 0 N–H and O–H groups in total. The molecule has 7 nitrogen and oxygen atoms in total. The van der Waals surface area contributed by atoms with Crippen LogP contribution in [0.15, 0.2) is 42.6 Å². The van der Waals surface area contributed by atoms with Gasteiger partial charge in [0, 0.05) is 57.0 Å². The van der Waals surface area contributed by atoms with E-state index in [2.05, 4.69) is 14.8 Å². The Bertz CT molecular complexity index is 835. The summed E-state index contributed by atoms with van der Waals surface area (Å²) in [6.07, 6.45) is 1.75. The molecule has 4 rings (SSSR count). The monoisotopic (exact) mass is 430 g/mol. The second-order valence-corrected chi connectivity index (χ2v) is 7.85. The Kier molecular flexibility index (Phi) is 7.04. The third kappa shape index (κ3) is 5.22. The van der Waals surface area contributed by atoms with Crippen molar-refractivity contribution in [3.05, 3.63) is 53.2 Å². The number of hydrogen-bond acceptors (Lipinski definition) is 6. The third-order valence-corrected chi connectivity index (χ3v) is 5.73. The highest BCUT2D eigenvalue weighted by molar-refractivity contribution is 6.30. The number of anilines is 1. The average molecular weight is 431 g/mol. The van der Waals surface area contributed by atoms with Gasteiger partial charge in [0.05, 0.1) is 18.8 Å². The summed E-state index contributed by atoms with van der Waals surface area (Å²) in [7, 11) is 0. The number of rotatable bonds is 6. The van der Waals surface area contributed by atoms with Gasteiger partial charge in [0.25, 0.3) is 5.91 Å². The number of halogens is 1. The topological polar surface area (TPSA) is 58.1 Å². The molecular weight excluding hydrogens is 404 g/mol. The van der Waals surface area contributed by atoms with Crippen molar-refractivity contribution < 1.29 is 14.3 Å². The van der Waals surface area contributed by atoms with Gasteiger partial charge in [-0.05, 0) is 36.4 Å². The largest absolute Gasteiger partial charge is 0.492 e. The van der Waals surface area contributed by atoms with Crippen molar-refractivity contribution in [2.75, 3.05) is 70.5 Å². The van der Waals surface area contributed by atoms with Gasteiger partial charge in [-0.25, -0.2) is 4.98 Å². The third-order valence-electron chi connectivity index (χ3n) is 5.48. The Labute approximate surface area is 182 Å². The second-order valence-electron chi connectivity index (χ2n) is 7.41. The van der Waals surface area contributed by atoms with Gasteiger partial charge in [0.1, 0.15) is 18.2 Å². The quantitative estimate of drug-likeness (QED) is 0.701. The summed E-state index contributed by atoms with van der Waals surface area (Å²) in [6, 6.07) is 11.1. The van der Waals surface area contributed by atoms with Gasteiger partial charge >= 0.3 is 0 Å². The molecule has 2 aliphatic heterocycles. The SMILES string of the molecule is O=C(c1cccnc1N1CCOCC1)N1CCN(CCOc2ccc(Cl)cc2)CC1. The molecule has 1 aromatic carbocycles. The number of hydrogen-bond donors (Lipinski definition) is 0. The van der Waals surface area contributed by atoms with Crippen LogP contribution in [0.2, 0.25) is 5.02 Å². The van der Waals surface area contributed by atoms with Gasteiger partial charge in [-0.15, -0.1) is 0 Å².